The molecule has 3 rings (SSSR count). The van der Waals surface area contributed by atoms with Crippen LogP contribution < -0.4 is 37.3 Å². The zero-order chi connectivity index (χ0) is 45.4. The van der Waals surface area contributed by atoms with Gasteiger partial charge in [-0.1, -0.05) is 64.5 Å². The molecule has 4 atom stereocenters. The molecule has 0 fully saturated rings. The Morgan fingerprint density at radius 2 is 1.52 bits per heavy atom. The molecule has 62 heavy (non-hydrogen) atoms. The summed E-state index contributed by atoms with van der Waals surface area (Å²) in [6, 6.07) is 10.2. The number of hydrogen-bond acceptors (Lipinski definition) is 12. The van der Waals surface area contributed by atoms with Gasteiger partial charge in [-0.3, -0.25) is 28.8 Å². The molecular weight excluding hydrogens is 791 g/mol. The van der Waals surface area contributed by atoms with E-state index in [0.717, 1.165) is 19.3 Å². The number of rotatable bonds is 26. The van der Waals surface area contributed by atoms with Crippen LogP contribution >= 0.6 is 0 Å². The van der Waals surface area contributed by atoms with Crippen LogP contribution in [0.15, 0.2) is 36.4 Å². The third-order valence-electron chi connectivity index (χ3n) is 11.1. The second-order valence-electron chi connectivity index (χ2n) is 16.2. The van der Waals surface area contributed by atoms with Crippen molar-refractivity contribution in [3.63, 3.8) is 0 Å². The number of ether oxygens (including phenoxy) is 2. The number of benzene rings is 2. The molecule has 0 unspecified atom stereocenters. The molecule has 0 spiro atoms. The number of carbonyl (C=O) groups is 6. The maximum Gasteiger partial charge on any atom is 0.226 e. The summed E-state index contributed by atoms with van der Waals surface area (Å²) < 4.78 is 12.2. The van der Waals surface area contributed by atoms with E-state index in [1.54, 1.807) is 37.3 Å². The predicted octanol–water partition coefficient (Wildman–Crippen LogP) is 4.61. The number of nitrogens with two attached hydrogens (primary N) is 3. The van der Waals surface area contributed by atoms with Crippen molar-refractivity contribution in [1.29, 1.82) is 5.26 Å². The summed E-state index contributed by atoms with van der Waals surface area (Å²) in [4.78, 5) is 83.3. The number of Topliss-reactive ketones (excluding diaryl/α,β-unsaturated/α-hetero) is 3. The zero-order valence-corrected chi connectivity index (χ0v) is 37.0. The molecule has 2 aromatic rings. The smallest absolute Gasteiger partial charge is 0.226 e. The summed E-state index contributed by atoms with van der Waals surface area (Å²) in [7, 11) is 1.49. The minimum Gasteiger partial charge on any atom is -0.492 e. The summed E-state index contributed by atoms with van der Waals surface area (Å²) >= 11 is 0. The van der Waals surface area contributed by atoms with E-state index in [0.29, 0.717) is 40.3 Å². The van der Waals surface area contributed by atoms with Gasteiger partial charge in [0.2, 0.25) is 17.7 Å². The Balaban J connectivity index is 1.99. The lowest BCUT2D eigenvalue weighted by Crippen LogP contribution is -2.46. The first kappa shape index (κ1) is 51.2. The van der Waals surface area contributed by atoms with Gasteiger partial charge in [-0.2, -0.15) is 5.26 Å². The first-order valence-electron chi connectivity index (χ1n) is 22.3. The molecule has 8 N–H and O–H groups in total. The van der Waals surface area contributed by atoms with Gasteiger partial charge in [0.1, 0.15) is 36.5 Å². The third kappa shape index (κ3) is 16.3. The molecule has 15 nitrogen and oxygen atoms in total. The number of fused-ring (bicyclic) bond motifs is 5. The van der Waals surface area contributed by atoms with Gasteiger partial charge in [0, 0.05) is 88.2 Å². The Labute approximate surface area is 367 Å². The number of unbranched alkanes of at least 4 members (excludes halogenated alkanes) is 6. The van der Waals surface area contributed by atoms with Crippen molar-refractivity contribution in [2.45, 2.75) is 122 Å². The maximum atomic E-state index is 14.6. The second kappa shape index (κ2) is 27.7. The lowest BCUT2D eigenvalue weighted by Gasteiger charge is -2.32. The van der Waals surface area contributed by atoms with Gasteiger partial charge in [-0.15, -0.1) is 0 Å². The number of likely N-dealkylation sites (N-methyl/N-ethyl adjacent to an activating group) is 1. The largest absolute Gasteiger partial charge is 0.492 e. The number of hydrogen-bond donors (Lipinski definition) is 5. The summed E-state index contributed by atoms with van der Waals surface area (Å²) in [6.45, 7) is 5.18. The van der Waals surface area contributed by atoms with Crippen LogP contribution in [0.3, 0.4) is 0 Å². The molecule has 15 heteroatoms. The topological polar surface area (TPSA) is 250 Å². The van der Waals surface area contributed by atoms with Crippen molar-refractivity contribution in [1.82, 2.24) is 15.5 Å². The fourth-order valence-electron chi connectivity index (χ4n) is 7.67. The van der Waals surface area contributed by atoms with Crippen molar-refractivity contribution in [2.24, 2.45) is 29.0 Å². The summed E-state index contributed by atoms with van der Waals surface area (Å²) in [6.07, 6.45) is 7.52. The van der Waals surface area contributed by atoms with E-state index in [9.17, 15) is 34.0 Å². The Bertz CT molecular complexity index is 1850. The van der Waals surface area contributed by atoms with Gasteiger partial charge >= 0.3 is 0 Å². The minimum absolute atomic E-state index is 0.0000847. The van der Waals surface area contributed by atoms with Crippen LogP contribution in [0, 0.1) is 23.2 Å². The Hall–Kier alpha value is -5.17. The highest BCUT2D eigenvalue weighted by Gasteiger charge is 2.36. The molecule has 1 heterocycles. The predicted molar refractivity (Wildman–Crippen MR) is 238 cm³/mol. The number of nitrogens with zero attached hydrogens (tertiary/aromatic N) is 2. The van der Waals surface area contributed by atoms with Gasteiger partial charge in [-0.25, -0.2) is 0 Å². The van der Waals surface area contributed by atoms with Crippen LogP contribution in [-0.2, 0) is 35.2 Å². The quantitative estimate of drug-likeness (QED) is 0.0814. The van der Waals surface area contributed by atoms with Gasteiger partial charge in [0.25, 0.3) is 0 Å². The fraction of sp³-hybridized carbons (Fsp3) is 0.596. The Morgan fingerprint density at radius 1 is 0.871 bits per heavy atom. The van der Waals surface area contributed by atoms with Gasteiger partial charge in [0.05, 0.1) is 12.1 Å². The fourth-order valence-corrected chi connectivity index (χ4v) is 7.67. The molecule has 1 aliphatic heterocycles. The normalized spacial score (nSPS) is 16.9. The highest BCUT2D eigenvalue weighted by atomic mass is 16.5. The maximum absolute atomic E-state index is 14.6. The standard InChI is InChI=1S/C47H69N7O8/c1-4-5-6-7-8-9-10-24-52-44(58)18-15-36(55)30-35(19-21-49)47(60)54(3)45-34-14-17-43(62-26-23-51)38(31-34)37-28-33(13-16-42(37)61-25-22-50)29-39(40(56)12-11-20-48)53-46(59)32(2)27-41(45)57/h13-14,16-17,28,31-32,35,39,45H,4-12,15,18-19,21-27,29-30,49-51H2,1-3H3,(H,52,58)(H,53,59)/t32-,35-,39+,45+/m1/s1. The van der Waals surface area contributed by atoms with Crippen LogP contribution in [0.1, 0.15) is 121 Å². The highest BCUT2D eigenvalue weighted by Crippen LogP contribution is 2.41. The van der Waals surface area contributed by atoms with E-state index in [-0.39, 0.29) is 102 Å². The number of amides is 3. The zero-order valence-electron chi connectivity index (χ0n) is 37.0. The van der Waals surface area contributed by atoms with Gasteiger partial charge in [-0.05, 0) is 61.2 Å². The molecule has 1 aliphatic rings. The van der Waals surface area contributed by atoms with Crippen molar-refractivity contribution < 1.29 is 38.2 Å². The third-order valence-corrected chi connectivity index (χ3v) is 11.1. The number of ketones is 3. The molecule has 4 bridgehead atoms. The second-order valence-corrected chi connectivity index (χ2v) is 16.2. The highest BCUT2D eigenvalue weighted by molar-refractivity contribution is 5.96. The summed E-state index contributed by atoms with van der Waals surface area (Å²) in [5.74, 6) is -3.25. The molecule has 0 aromatic heterocycles. The summed E-state index contributed by atoms with van der Waals surface area (Å²) in [5, 5.41) is 14.9. The van der Waals surface area contributed by atoms with Gasteiger partial charge < -0.3 is 42.2 Å². The van der Waals surface area contributed by atoms with Crippen LogP contribution in [0.25, 0.3) is 11.1 Å². The number of nitrogens with one attached hydrogen (secondary N) is 2. The number of carbonyl (C=O) groups excluding carboxylic acids is 6. The first-order chi connectivity index (χ1) is 29.9. The molecular formula is C47H69N7O8. The van der Waals surface area contributed by atoms with Crippen LogP contribution in [0.2, 0.25) is 0 Å². The molecule has 0 radical (unpaired) electrons. The van der Waals surface area contributed by atoms with Crippen LogP contribution in [0.4, 0.5) is 0 Å². The Morgan fingerprint density at radius 3 is 2.16 bits per heavy atom. The molecule has 340 valence electrons. The van der Waals surface area contributed by atoms with E-state index in [2.05, 4.69) is 17.6 Å². The van der Waals surface area contributed by atoms with E-state index in [1.807, 2.05) is 12.1 Å². The molecule has 2 aromatic carbocycles. The van der Waals surface area contributed by atoms with Crippen LogP contribution in [0.5, 0.6) is 11.5 Å². The van der Waals surface area contributed by atoms with E-state index in [4.69, 9.17) is 26.7 Å². The average molecular weight is 860 g/mol. The van der Waals surface area contributed by atoms with Crippen molar-refractivity contribution in [2.75, 3.05) is 46.4 Å². The van der Waals surface area contributed by atoms with E-state index < -0.39 is 41.5 Å². The molecule has 0 saturated heterocycles. The SMILES string of the molecule is CCCCCCCCCNC(=O)CCC(=O)C[C@@H](CCN)C(=O)N(C)[C@@H]1C(=O)C[C@@H](C)C(=O)N[C@H](C(=O)CCC#N)Cc2ccc(OCCN)c(c2)-c2cc1ccc2OCCN. The molecule has 3 amide bonds. The monoisotopic (exact) mass is 860 g/mol. The first-order valence-corrected chi connectivity index (χ1v) is 22.3. The van der Waals surface area contributed by atoms with Crippen molar-refractivity contribution >= 4 is 35.1 Å². The lowest BCUT2D eigenvalue weighted by atomic mass is 9.88. The average Bonchev–Trinajstić information content (AvgIpc) is 3.26. The lowest BCUT2D eigenvalue weighted by molar-refractivity contribution is -0.144. The molecule has 0 saturated carbocycles. The molecule has 0 aliphatic carbocycles. The van der Waals surface area contributed by atoms with E-state index in [1.165, 1.54) is 37.6 Å². The van der Waals surface area contributed by atoms with Crippen molar-refractivity contribution in [3.05, 3.63) is 47.5 Å². The summed E-state index contributed by atoms with van der Waals surface area (Å²) in [5.41, 5.74) is 19.8. The number of nitriles is 1. The minimum atomic E-state index is -1.22. The van der Waals surface area contributed by atoms with E-state index >= 15 is 0 Å². The van der Waals surface area contributed by atoms with Crippen LogP contribution in [-0.4, -0.2) is 92.5 Å². The van der Waals surface area contributed by atoms with Gasteiger partial charge in [0.15, 0.2) is 11.6 Å². The Kier molecular flexibility index (Phi) is 22.9. The van der Waals surface area contributed by atoms with Crippen molar-refractivity contribution in [3.8, 4) is 28.7 Å².